The van der Waals surface area contributed by atoms with E-state index in [4.69, 9.17) is 22.7 Å². The second-order valence-corrected chi connectivity index (χ2v) is 4.70. The summed E-state index contributed by atoms with van der Waals surface area (Å²) >= 11 is 4.70. The Labute approximate surface area is 126 Å². The Morgan fingerprint density at radius 1 is 1.19 bits per heavy atom. The zero-order chi connectivity index (χ0) is 15.4. The van der Waals surface area contributed by atoms with Crippen molar-refractivity contribution in [1.29, 1.82) is 0 Å². The molecule has 0 unspecified atom stereocenters. The minimum Gasteiger partial charge on any atom is -0.494 e. The van der Waals surface area contributed by atoms with Crippen molar-refractivity contribution in [1.82, 2.24) is 0 Å². The molecular weight excluding hydrogens is 294 g/mol. The summed E-state index contributed by atoms with van der Waals surface area (Å²) in [4.78, 5) is -0.0552. The van der Waals surface area contributed by atoms with E-state index in [9.17, 15) is 8.78 Å². The Hall–Kier alpha value is -2.21. The number of benzene rings is 2. The standard InChI is InChI=1S/C15H14F2N2OS/c1-2-20-11-5-3-10(4-6-11)19-14-12(16)7-9(15(18)21)8-13(14)17/h3-8,19H,2H2,1H3,(H2,18,21). The van der Waals surface area contributed by atoms with E-state index in [-0.39, 0.29) is 16.2 Å². The number of nitrogens with one attached hydrogen (secondary N) is 1. The van der Waals surface area contributed by atoms with Gasteiger partial charge in [0.05, 0.1) is 6.61 Å². The first-order valence-electron chi connectivity index (χ1n) is 6.30. The molecule has 0 bridgehead atoms. The van der Waals surface area contributed by atoms with Gasteiger partial charge in [-0.2, -0.15) is 0 Å². The van der Waals surface area contributed by atoms with E-state index < -0.39 is 11.6 Å². The van der Waals surface area contributed by atoms with E-state index in [0.29, 0.717) is 18.0 Å². The lowest BCUT2D eigenvalue weighted by atomic mass is 10.1. The van der Waals surface area contributed by atoms with Gasteiger partial charge in [-0.15, -0.1) is 0 Å². The molecule has 0 radical (unpaired) electrons. The summed E-state index contributed by atoms with van der Waals surface area (Å²) in [5.74, 6) is -0.828. The van der Waals surface area contributed by atoms with E-state index >= 15 is 0 Å². The van der Waals surface area contributed by atoms with Crippen LogP contribution in [-0.4, -0.2) is 11.6 Å². The fourth-order valence-electron chi connectivity index (χ4n) is 1.78. The highest BCUT2D eigenvalue weighted by atomic mass is 32.1. The van der Waals surface area contributed by atoms with Crippen molar-refractivity contribution in [3.05, 3.63) is 53.6 Å². The molecule has 3 N–H and O–H groups in total. The maximum Gasteiger partial charge on any atom is 0.150 e. The molecule has 0 saturated heterocycles. The van der Waals surface area contributed by atoms with Crippen LogP contribution in [0, 0.1) is 11.6 Å². The fourth-order valence-corrected chi connectivity index (χ4v) is 1.90. The summed E-state index contributed by atoms with van der Waals surface area (Å²) < 4.78 is 33.1. The van der Waals surface area contributed by atoms with Crippen molar-refractivity contribution in [3.63, 3.8) is 0 Å². The Bertz CT molecular complexity index is 636. The van der Waals surface area contributed by atoms with E-state index in [2.05, 4.69) is 5.32 Å². The zero-order valence-electron chi connectivity index (χ0n) is 11.3. The maximum atomic E-state index is 13.9. The maximum absolute atomic E-state index is 13.9. The molecular formula is C15H14F2N2OS. The molecule has 0 aliphatic carbocycles. The molecule has 0 heterocycles. The molecule has 2 aromatic carbocycles. The van der Waals surface area contributed by atoms with E-state index in [1.54, 1.807) is 24.3 Å². The van der Waals surface area contributed by atoms with Crippen molar-refractivity contribution in [2.45, 2.75) is 6.92 Å². The minimum atomic E-state index is -0.758. The number of hydrogen-bond acceptors (Lipinski definition) is 3. The topological polar surface area (TPSA) is 47.3 Å². The Morgan fingerprint density at radius 3 is 2.24 bits per heavy atom. The van der Waals surface area contributed by atoms with Crippen molar-refractivity contribution in [3.8, 4) is 5.75 Å². The van der Waals surface area contributed by atoms with Crippen LogP contribution >= 0.6 is 12.2 Å². The van der Waals surface area contributed by atoms with E-state index in [1.165, 1.54) is 0 Å². The van der Waals surface area contributed by atoms with Gasteiger partial charge >= 0.3 is 0 Å². The van der Waals surface area contributed by atoms with Crippen molar-refractivity contribution in [2.75, 3.05) is 11.9 Å². The Kier molecular flexibility index (Phi) is 4.70. The molecule has 21 heavy (non-hydrogen) atoms. The molecule has 0 atom stereocenters. The average molecular weight is 308 g/mol. The van der Waals surface area contributed by atoms with Gasteiger partial charge in [0.1, 0.15) is 28.1 Å². The van der Waals surface area contributed by atoms with Gasteiger partial charge < -0.3 is 15.8 Å². The molecule has 0 amide bonds. The highest BCUT2D eigenvalue weighted by molar-refractivity contribution is 7.80. The number of rotatable bonds is 5. The third-order valence-electron chi connectivity index (χ3n) is 2.76. The highest BCUT2D eigenvalue weighted by Crippen LogP contribution is 2.26. The third-order valence-corrected chi connectivity index (χ3v) is 3.00. The smallest absolute Gasteiger partial charge is 0.150 e. The molecule has 2 rings (SSSR count). The quantitative estimate of drug-likeness (QED) is 0.826. The number of thiocarbonyl (C=S) groups is 1. The monoisotopic (exact) mass is 308 g/mol. The van der Waals surface area contributed by atoms with E-state index in [1.807, 2.05) is 6.92 Å². The molecule has 0 fully saturated rings. The third kappa shape index (κ3) is 3.66. The molecule has 3 nitrogen and oxygen atoms in total. The lowest BCUT2D eigenvalue weighted by molar-refractivity contribution is 0.340. The van der Waals surface area contributed by atoms with Gasteiger partial charge in [-0.1, -0.05) is 12.2 Å². The number of halogens is 2. The van der Waals surface area contributed by atoms with Gasteiger partial charge in [0.15, 0.2) is 0 Å². The van der Waals surface area contributed by atoms with Crippen molar-refractivity contribution < 1.29 is 13.5 Å². The SMILES string of the molecule is CCOc1ccc(Nc2c(F)cc(C(N)=S)cc2F)cc1. The van der Waals surface area contributed by atoms with Gasteiger partial charge in [-0.05, 0) is 43.3 Å². The van der Waals surface area contributed by atoms with Gasteiger partial charge in [-0.25, -0.2) is 8.78 Å². The number of anilines is 2. The van der Waals surface area contributed by atoms with E-state index in [0.717, 1.165) is 12.1 Å². The van der Waals surface area contributed by atoms with Crippen LogP contribution in [0.25, 0.3) is 0 Å². The number of ether oxygens (including phenoxy) is 1. The summed E-state index contributed by atoms with van der Waals surface area (Å²) in [5.41, 5.74) is 5.80. The predicted octanol–water partition coefficient (Wildman–Crippen LogP) is 3.74. The molecule has 0 aliphatic rings. The summed E-state index contributed by atoms with van der Waals surface area (Å²) in [6.07, 6.45) is 0. The van der Waals surface area contributed by atoms with Crippen molar-refractivity contribution in [2.24, 2.45) is 5.73 Å². The molecule has 6 heteroatoms. The van der Waals surface area contributed by atoms with Crippen LogP contribution in [0.15, 0.2) is 36.4 Å². The fraction of sp³-hybridized carbons (Fsp3) is 0.133. The summed E-state index contributed by atoms with van der Waals surface area (Å²) in [5, 5.41) is 2.69. The predicted molar refractivity (Wildman–Crippen MR) is 83.1 cm³/mol. The lowest BCUT2D eigenvalue weighted by Crippen LogP contribution is -2.11. The summed E-state index contributed by atoms with van der Waals surface area (Å²) in [7, 11) is 0. The second-order valence-electron chi connectivity index (χ2n) is 4.26. The van der Waals surface area contributed by atoms with Crippen LogP contribution in [0.2, 0.25) is 0 Å². The van der Waals surface area contributed by atoms with Gasteiger partial charge in [0, 0.05) is 11.3 Å². The van der Waals surface area contributed by atoms with Gasteiger partial charge in [-0.3, -0.25) is 0 Å². The highest BCUT2D eigenvalue weighted by Gasteiger charge is 2.12. The van der Waals surface area contributed by atoms with Crippen LogP contribution in [0.1, 0.15) is 12.5 Å². The first-order valence-corrected chi connectivity index (χ1v) is 6.70. The molecule has 2 aromatic rings. The zero-order valence-corrected chi connectivity index (χ0v) is 12.1. The van der Waals surface area contributed by atoms with Crippen molar-refractivity contribution >= 4 is 28.6 Å². The van der Waals surface area contributed by atoms with Crippen LogP contribution in [0.5, 0.6) is 5.75 Å². The molecule has 110 valence electrons. The second kappa shape index (κ2) is 6.49. The van der Waals surface area contributed by atoms with Gasteiger partial charge in [0.25, 0.3) is 0 Å². The molecule has 0 saturated carbocycles. The summed E-state index contributed by atoms with van der Waals surface area (Å²) in [6, 6.07) is 8.97. The first kappa shape index (κ1) is 15.2. The van der Waals surface area contributed by atoms with Crippen LogP contribution in [0.3, 0.4) is 0 Å². The van der Waals surface area contributed by atoms with Gasteiger partial charge in [0.2, 0.25) is 0 Å². The largest absolute Gasteiger partial charge is 0.494 e. The molecule has 0 aromatic heterocycles. The first-order chi connectivity index (χ1) is 10.0. The lowest BCUT2D eigenvalue weighted by Gasteiger charge is -2.11. The summed E-state index contributed by atoms with van der Waals surface area (Å²) in [6.45, 7) is 2.43. The number of hydrogen-bond donors (Lipinski definition) is 2. The van der Waals surface area contributed by atoms with Crippen LogP contribution in [0.4, 0.5) is 20.2 Å². The normalized spacial score (nSPS) is 10.2. The van der Waals surface area contributed by atoms with Crippen LogP contribution < -0.4 is 15.8 Å². The van der Waals surface area contributed by atoms with Crippen LogP contribution in [-0.2, 0) is 0 Å². The average Bonchev–Trinajstić information content (AvgIpc) is 2.44. The minimum absolute atomic E-state index is 0.0552. The Balaban J connectivity index is 2.25. The number of nitrogens with two attached hydrogens (primary N) is 1. The molecule has 0 spiro atoms. The molecule has 0 aliphatic heterocycles. The Morgan fingerprint density at radius 2 is 1.76 bits per heavy atom.